The topological polar surface area (TPSA) is 77.3 Å². The molecule has 2 aliphatic rings. The van der Waals surface area contributed by atoms with Crippen LogP contribution in [0, 0.1) is 10.1 Å². The van der Waals surface area contributed by atoms with Crippen molar-refractivity contribution in [1.29, 1.82) is 0 Å². The molecule has 6 heteroatoms. The fourth-order valence-corrected chi connectivity index (χ4v) is 4.80. The maximum atomic E-state index is 13.3. The number of benzene rings is 3. The number of ketones is 2. The van der Waals surface area contributed by atoms with Crippen molar-refractivity contribution < 1.29 is 14.5 Å². The zero-order chi connectivity index (χ0) is 20.3. The van der Waals surface area contributed by atoms with E-state index < -0.39 is 4.92 Å². The number of non-ortho nitro benzene ring substituents is 1. The number of nitrogens with zero attached hydrogens (tertiary/aromatic N) is 1. The molecule has 0 heterocycles. The van der Waals surface area contributed by atoms with Gasteiger partial charge in [-0.05, 0) is 59.0 Å². The Kier molecular flexibility index (Phi) is 3.99. The number of hydrogen-bond donors (Lipinski definition) is 0. The molecule has 0 saturated carbocycles. The maximum Gasteiger partial charge on any atom is 0.269 e. The van der Waals surface area contributed by atoms with E-state index in [-0.39, 0.29) is 29.1 Å². The maximum absolute atomic E-state index is 13.3. The first kappa shape index (κ1) is 17.9. The van der Waals surface area contributed by atoms with Gasteiger partial charge in [0.1, 0.15) is 0 Å². The molecule has 5 rings (SSSR count). The van der Waals surface area contributed by atoms with E-state index >= 15 is 0 Å². The smallest absolute Gasteiger partial charge is 0.269 e. The number of carbonyl (C=O) groups excluding carboxylic acids is 2. The van der Waals surface area contributed by atoms with Crippen molar-refractivity contribution in [2.45, 2.75) is 18.3 Å². The molecular formula is C23H14BrNO4. The predicted octanol–water partition coefficient (Wildman–Crippen LogP) is 5.67. The lowest BCUT2D eigenvalue weighted by Gasteiger charge is -2.35. The van der Waals surface area contributed by atoms with Crippen LogP contribution < -0.4 is 0 Å². The summed E-state index contributed by atoms with van der Waals surface area (Å²) in [4.78, 5) is 36.8. The molecule has 0 amide bonds. The summed E-state index contributed by atoms with van der Waals surface area (Å²) in [6.07, 6.45) is 0.510. The van der Waals surface area contributed by atoms with Gasteiger partial charge in [-0.25, -0.2) is 0 Å². The van der Waals surface area contributed by atoms with Gasteiger partial charge in [0.15, 0.2) is 11.6 Å². The fourth-order valence-electron chi connectivity index (χ4n) is 4.44. The van der Waals surface area contributed by atoms with Crippen LogP contribution >= 0.6 is 15.9 Å². The Labute approximate surface area is 174 Å². The van der Waals surface area contributed by atoms with E-state index in [4.69, 9.17) is 0 Å². The lowest BCUT2D eigenvalue weighted by Crippen LogP contribution is -2.34. The minimum absolute atomic E-state index is 0.0192. The van der Waals surface area contributed by atoms with Crippen LogP contribution in [-0.4, -0.2) is 16.5 Å². The largest absolute Gasteiger partial charge is 0.293 e. The number of carbonyl (C=O) groups is 2. The van der Waals surface area contributed by atoms with Crippen molar-refractivity contribution >= 4 is 33.2 Å². The van der Waals surface area contributed by atoms with Crippen LogP contribution in [0.25, 0.3) is 11.1 Å². The van der Waals surface area contributed by atoms with E-state index in [2.05, 4.69) is 15.9 Å². The molecule has 0 radical (unpaired) electrons. The van der Waals surface area contributed by atoms with Crippen LogP contribution in [-0.2, 0) is 0 Å². The zero-order valence-corrected chi connectivity index (χ0v) is 16.7. The first-order valence-electron chi connectivity index (χ1n) is 9.20. The highest BCUT2D eigenvalue weighted by Crippen LogP contribution is 2.48. The second-order valence-corrected chi connectivity index (χ2v) is 8.32. The van der Waals surface area contributed by atoms with Crippen molar-refractivity contribution in [1.82, 2.24) is 0 Å². The third kappa shape index (κ3) is 2.75. The van der Waals surface area contributed by atoms with Crippen LogP contribution in [0.3, 0.4) is 0 Å². The molecule has 3 aromatic rings. The molecule has 3 aromatic carbocycles. The lowest BCUT2D eigenvalue weighted by atomic mass is 9.65. The number of fused-ring (bicyclic) bond motifs is 6. The highest BCUT2D eigenvalue weighted by atomic mass is 79.9. The molecular weight excluding hydrogens is 434 g/mol. The molecule has 5 nitrogen and oxygen atoms in total. The Morgan fingerprint density at radius 2 is 1.34 bits per heavy atom. The third-order valence-electron chi connectivity index (χ3n) is 5.87. The Morgan fingerprint density at radius 1 is 0.793 bits per heavy atom. The van der Waals surface area contributed by atoms with E-state index in [1.165, 1.54) is 12.1 Å². The van der Waals surface area contributed by atoms with Gasteiger partial charge in [0.05, 0.1) is 4.92 Å². The molecule has 2 aliphatic carbocycles. The summed E-state index contributed by atoms with van der Waals surface area (Å²) in [5.41, 5.74) is 4.38. The molecule has 0 aromatic heterocycles. The van der Waals surface area contributed by atoms with Crippen molar-refractivity contribution in [3.05, 3.63) is 97.5 Å². The molecule has 0 saturated heterocycles. The van der Waals surface area contributed by atoms with E-state index in [1.54, 1.807) is 18.2 Å². The first-order chi connectivity index (χ1) is 13.9. The second kappa shape index (κ2) is 6.46. The molecule has 142 valence electrons. The van der Waals surface area contributed by atoms with Gasteiger partial charge in [0.25, 0.3) is 5.69 Å². The van der Waals surface area contributed by atoms with Gasteiger partial charge in [-0.2, -0.15) is 0 Å². The zero-order valence-electron chi connectivity index (χ0n) is 15.1. The summed E-state index contributed by atoms with van der Waals surface area (Å²) in [5.74, 6) is -0.564. The number of Topliss-reactive ketones (excluding diaryl/α,β-unsaturated/α-hetero) is 2. The van der Waals surface area contributed by atoms with E-state index in [1.807, 2.05) is 30.3 Å². The Morgan fingerprint density at radius 3 is 1.97 bits per heavy atom. The quantitative estimate of drug-likeness (QED) is 0.374. The van der Waals surface area contributed by atoms with Crippen LogP contribution in [0.2, 0.25) is 0 Å². The van der Waals surface area contributed by atoms with Crippen LogP contribution in [0.5, 0.6) is 0 Å². The van der Waals surface area contributed by atoms with E-state index in [0.717, 1.165) is 26.7 Å². The number of nitro groups is 1. The van der Waals surface area contributed by atoms with Gasteiger partial charge < -0.3 is 0 Å². The van der Waals surface area contributed by atoms with Crippen molar-refractivity contribution in [3.63, 3.8) is 0 Å². The summed E-state index contributed by atoms with van der Waals surface area (Å²) in [6, 6.07) is 17.3. The predicted molar refractivity (Wildman–Crippen MR) is 111 cm³/mol. The monoisotopic (exact) mass is 447 g/mol. The summed E-state index contributed by atoms with van der Waals surface area (Å²) < 4.78 is 0.825. The average molecular weight is 448 g/mol. The van der Waals surface area contributed by atoms with Gasteiger partial charge >= 0.3 is 0 Å². The fraction of sp³-hybridized carbons (Fsp3) is 0.130. The van der Waals surface area contributed by atoms with Crippen LogP contribution in [0.1, 0.15) is 50.1 Å². The third-order valence-corrected chi connectivity index (χ3v) is 6.36. The number of hydrogen-bond acceptors (Lipinski definition) is 4. The van der Waals surface area contributed by atoms with Gasteiger partial charge in [0.2, 0.25) is 0 Å². The first-order valence-corrected chi connectivity index (χ1v) is 10.00. The minimum atomic E-state index is -0.442. The van der Waals surface area contributed by atoms with Gasteiger partial charge in [0, 0.05) is 39.6 Å². The van der Waals surface area contributed by atoms with Crippen LogP contribution in [0.15, 0.2) is 65.1 Å². The normalized spacial score (nSPS) is 19.5. The Bertz CT molecular complexity index is 1220. The average Bonchev–Trinajstić information content (AvgIpc) is 2.73. The highest BCUT2D eigenvalue weighted by molar-refractivity contribution is 9.10. The minimum Gasteiger partial charge on any atom is -0.293 e. The summed E-state index contributed by atoms with van der Waals surface area (Å²) in [6.45, 7) is 0. The van der Waals surface area contributed by atoms with Crippen molar-refractivity contribution in [2.75, 3.05) is 0 Å². The molecule has 2 unspecified atom stereocenters. The Balaban J connectivity index is 1.60. The van der Waals surface area contributed by atoms with Gasteiger partial charge in [-0.1, -0.05) is 34.1 Å². The van der Waals surface area contributed by atoms with Gasteiger partial charge in [-0.3, -0.25) is 19.7 Å². The highest BCUT2D eigenvalue weighted by Gasteiger charge is 2.43. The number of halogens is 1. The molecule has 29 heavy (non-hydrogen) atoms. The summed E-state index contributed by atoms with van der Waals surface area (Å²) in [7, 11) is 0. The lowest BCUT2D eigenvalue weighted by molar-refractivity contribution is -0.384. The van der Waals surface area contributed by atoms with E-state index in [0.29, 0.717) is 17.5 Å². The summed E-state index contributed by atoms with van der Waals surface area (Å²) in [5, 5.41) is 10.9. The summed E-state index contributed by atoms with van der Waals surface area (Å²) >= 11 is 3.41. The van der Waals surface area contributed by atoms with Crippen LogP contribution in [0.4, 0.5) is 5.69 Å². The Hall–Kier alpha value is -3.12. The SMILES string of the molecule is O=C1c2cc(-c3ccc([N+](=O)[O-])cc3)ccc2C2CC1c1ccc(Br)cc1C2=O. The molecule has 0 fully saturated rings. The molecule has 0 spiro atoms. The van der Waals surface area contributed by atoms with Gasteiger partial charge in [-0.15, -0.1) is 0 Å². The number of rotatable bonds is 2. The van der Waals surface area contributed by atoms with Crippen molar-refractivity contribution in [2.24, 2.45) is 0 Å². The molecule has 2 atom stereocenters. The molecule has 0 aliphatic heterocycles. The second-order valence-electron chi connectivity index (χ2n) is 7.41. The van der Waals surface area contributed by atoms with Crippen molar-refractivity contribution in [3.8, 4) is 11.1 Å². The molecule has 0 N–H and O–H groups in total. The number of nitro benzene ring substituents is 1. The van der Waals surface area contributed by atoms with E-state index in [9.17, 15) is 19.7 Å². The standard InChI is InChI=1S/C23H14BrNO4/c24-14-4-8-17-19(10-14)23(27)20-11-21(17)22(26)18-9-13(3-7-16(18)20)12-1-5-15(6-2-12)25(28)29/h1-10,20-21H,11H2. The molecule has 2 bridgehead atoms.